The number of carboxylic acids is 1. The summed E-state index contributed by atoms with van der Waals surface area (Å²) >= 11 is 0. The van der Waals surface area contributed by atoms with Crippen molar-refractivity contribution in [3.63, 3.8) is 0 Å². The summed E-state index contributed by atoms with van der Waals surface area (Å²) in [6.45, 7) is 1.49. The van der Waals surface area contributed by atoms with Gasteiger partial charge in [0.05, 0.1) is 17.3 Å². The van der Waals surface area contributed by atoms with Crippen LogP contribution in [0.4, 0.5) is 4.79 Å². The molecule has 7 heteroatoms. The van der Waals surface area contributed by atoms with Crippen LogP contribution in [-0.4, -0.2) is 32.1 Å². The van der Waals surface area contributed by atoms with E-state index in [9.17, 15) is 9.59 Å². The van der Waals surface area contributed by atoms with E-state index in [-0.39, 0.29) is 11.3 Å². The molecule has 0 fully saturated rings. The van der Waals surface area contributed by atoms with Gasteiger partial charge in [0.15, 0.2) is 5.69 Å². The fourth-order valence-corrected chi connectivity index (χ4v) is 1.86. The number of hydrogen-bond donors (Lipinski definition) is 2. The van der Waals surface area contributed by atoms with Crippen LogP contribution >= 0.6 is 0 Å². The van der Waals surface area contributed by atoms with Gasteiger partial charge in [-0.1, -0.05) is 12.1 Å². The summed E-state index contributed by atoms with van der Waals surface area (Å²) in [7, 11) is 0. The number of nitriles is 1. The van der Waals surface area contributed by atoms with Crippen LogP contribution in [0, 0.1) is 18.3 Å². The van der Waals surface area contributed by atoms with Gasteiger partial charge in [0.2, 0.25) is 0 Å². The maximum Gasteiger partial charge on any atom is 0.433 e. The molecule has 0 bridgehead atoms. The number of carbonyl (C=O) groups is 2. The molecule has 7 nitrogen and oxygen atoms in total. The molecule has 2 aromatic rings. The monoisotopic (exact) mass is 271 g/mol. The highest BCUT2D eigenvalue weighted by molar-refractivity contribution is 5.93. The smallest absolute Gasteiger partial charge is 0.433 e. The molecule has 1 aromatic heterocycles. The van der Waals surface area contributed by atoms with Crippen molar-refractivity contribution in [2.75, 3.05) is 0 Å². The number of rotatable bonds is 2. The van der Waals surface area contributed by atoms with E-state index >= 15 is 0 Å². The highest BCUT2D eigenvalue weighted by Crippen LogP contribution is 2.25. The Morgan fingerprint density at radius 3 is 2.25 bits per heavy atom. The number of hydrogen-bond acceptors (Lipinski definition) is 4. The molecule has 0 radical (unpaired) electrons. The van der Waals surface area contributed by atoms with Crippen molar-refractivity contribution in [3.05, 3.63) is 41.1 Å². The van der Waals surface area contributed by atoms with Gasteiger partial charge in [-0.05, 0) is 19.1 Å². The Morgan fingerprint density at radius 1 is 1.25 bits per heavy atom. The Balaban J connectivity index is 2.63. The maximum absolute atomic E-state index is 11.1. The molecule has 0 aliphatic carbocycles. The third-order valence-electron chi connectivity index (χ3n) is 2.79. The van der Waals surface area contributed by atoms with Crippen molar-refractivity contribution in [1.82, 2.24) is 9.78 Å². The Bertz CT molecular complexity index is 738. The molecule has 0 spiro atoms. The van der Waals surface area contributed by atoms with Crippen LogP contribution in [0.5, 0.6) is 0 Å². The fourth-order valence-electron chi connectivity index (χ4n) is 1.86. The molecule has 1 heterocycles. The van der Waals surface area contributed by atoms with Crippen LogP contribution in [-0.2, 0) is 0 Å². The van der Waals surface area contributed by atoms with Crippen molar-refractivity contribution < 1.29 is 19.8 Å². The fraction of sp³-hybridized carbons (Fsp3) is 0.0769. The first kappa shape index (κ1) is 13.3. The quantitative estimate of drug-likeness (QED) is 0.862. The van der Waals surface area contributed by atoms with Gasteiger partial charge in [-0.2, -0.15) is 15.0 Å². The second kappa shape index (κ2) is 4.85. The van der Waals surface area contributed by atoms with E-state index < -0.39 is 17.8 Å². The SMILES string of the molecule is Cc1c(-c2ccc(C#N)cc2)nn(C(=O)O)c1C(=O)O. The van der Waals surface area contributed by atoms with Gasteiger partial charge in [0, 0.05) is 11.1 Å². The van der Waals surface area contributed by atoms with Crippen molar-refractivity contribution in [3.8, 4) is 17.3 Å². The summed E-state index contributed by atoms with van der Waals surface area (Å²) in [5, 5.41) is 30.6. The molecule has 1 aromatic carbocycles. The number of aromatic nitrogens is 2. The van der Waals surface area contributed by atoms with Crippen LogP contribution in [0.3, 0.4) is 0 Å². The van der Waals surface area contributed by atoms with Gasteiger partial charge in [-0.25, -0.2) is 9.59 Å². The lowest BCUT2D eigenvalue weighted by Crippen LogP contribution is -2.17. The lowest BCUT2D eigenvalue weighted by molar-refractivity contribution is 0.0681. The van der Waals surface area contributed by atoms with E-state index in [1.165, 1.54) is 6.92 Å². The summed E-state index contributed by atoms with van der Waals surface area (Å²) in [6, 6.07) is 8.24. The zero-order valence-electron chi connectivity index (χ0n) is 10.4. The normalized spacial score (nSPS) is 10.0. The molecule has 20 heavy (non-hydrogen) atoms. The van der Waals surface area contributed by atoms with Crippen molar-refractivity contribution in [2.24, 2.45) is 0 Å². The minimum atomic E-state index is -1.47. The van der Waals surface area contributed by atoms with E-state index in [0.717, 1.165) is 0 Å². The average molecular weight is 271 g/mol. The maximum atomic E-state index is 11.1. The molecular formula is C13H9N3O4. The van der Waals surface area contributed by atoms with Gasteiger partial charge in [0.1, 0.15) is 0 Å². The van der Waals surface area contributed by atoms with E-state index in [1.807, 2.05) is 6.07 Å². The van der Waals surface area contributed by atoms with Gasteiger partial charge in [-0.3, -0.25) is 0 Å². The predicted octanol–water partition coefficient (Wildman–Crippen LogP) is 1.95. The summed E-state index contributed by atoms with van der Waals surface area (Å²) in [4.78, 5) is 22.1. The standard InChI is InChI=1S/C13H9N3O4/c1-7-10(9-4-2-8(6-14)3-5-9)15-16(13(19)20)11(7)12(17)18/h2-5H,1H3,(H,17,18)(H,19,20). The second-order valence-electron chi connectivity index (χ2n) is 4.01. The van der Waals surface area contributed by atoms with Crippen molar-refractivity contribution >= 4 is 12.1 Å². The number of nitrogens with zero attached hydrogens (tertiary/aromatic N) is 3. The Morgan fingerprint density at radius 2 is 1.85 bits per heavy atom. The average Bonchev–Trinajstić information content (AvgIpc) is 2.77. The first-order valence-electron chi connectivity index (χ1n) is 5.52. The zero-order valence-corrected chi connectivity index (χ0v) is 10.4. The van der Waals surface area contributed by atoms with Gasteiger partial charge >= 0.3 is 12.1 Å². The Kier molecular flexibility index (Phi) is 3.23. The highest BCUT2D eigenvalue weighted by Gasteiger charge is 2.24. The Labute approximate surface area is 113 Å². The molecule has 0 saturated heterocycles. The van der Waals surface area contributed by atoms with E-state index in [2.05, 4.69) is 5.10 Å². The van der Waals surface area contributed by atoms with E-state index in [4.69, 9.17) is 15.5 Å². The molecule has 0 atom stereocenters. The van der Waals surface area contributed by atoms with Crippen LogP contribution in [0.1, 0.15) is 21.6 Å². The van der Waals surface area contributed by atoms with Crippen LogP contribution in [0.25, 0.3) is 11.3 Å². The third kappa shape index (κ3) is 2.10. The predicted molar refractivity (Wildman–Crippen MR) is 67.5 cm³/mol. The van der Waals surface area contributed by atoms with Crippen LogP contribution in [0.2, 0.25) is 0 Å². The summed E-state index contributed by atoms with van der Waals surface area (Å²) in [5.74, 6) is -1.36. The molecule has 0 amide bonds. The van der Waals surface area contributed by atoms with Gasteiger partial charge in [-0.15, -0.1) is 0 Å². The summed E-state index contributed by atoms with van der Waals surface area (Å²) < 4.78 is 0.436. The molecule has 2 N–H and O–H groups in total. The largest absolute Gasteiger partial charge is 0.476 e. The number of benzene rings is 1. The molecule has 100 valence electrons. The molecular weight excluding hydrogens is 262 g/mol. The number of carboxylic acid groups (broad SMARTS) is 2. The topological polar surface area (TPSA) is 116 Å². The molecule has 0 aliphatic rings. The minimum Gasteiger partial charge on any atom is -0.476 e. The molecule has 2 rings (SSSR count). The van der Waals surface area contributed by atoms with E-state index in [1.54, 1.807) is 24.3 Å². The molecule has 0 saturated carbocycles. The first-order valence-corrected chi connectivity index (χ1v) is 5.52. The molecule has 0 aliphatic heterocycles. The summed E-state index contributed by atoms with van der Waals surface area (Å²) in [5.41, 5.74) is 1.11. The first-order chi connectivity index (χ1) is 9.45. The Hall–Kier alpha value is -3.14. The molecule has 0 unspecified atom stereocenters. The van der Waals surface area contributed by atoms with Crippen LogP contribution < -0.4 is 0 Å². The van der Waals surface area contributed by atoms with Gasteiger partial charge in [0.25, 0.3) is 0 Å². The van der Waals surface area contributed by atoms with Crippen molar-refractivity contribution in [2.45, 2.75) is 6.92 Å². The zero-order chi connectivity index (χ0) is 14.9. The lowest BCUT2D eigenvalue weighted by atomic mass is 10.1. The third-order valence-corrected chi connectivity index (χ3v) is 2.79. The highest BCUT2D eigenvalue weighted by atomic mass is 16.4. The van der Waals surface area contributed by atoms with Gasteiger partial charge < -0.3 is 10.2 Å². The van der Waals surface area contributed by atoms with E-state index in [0.29, 0.717) is 15.8 Å². The summed E-state index contributed by atoms with van der Waals surface area (Å²) in [6.07, 6.45) is -1.47. The number of aromatic carboxylic acids is 1. The lowest BCUT2D eigenvalue weighted by Gasteiger charge is -1.98. The second-order valence-corrected chi connectivity index (χ2v) is 4.01. The minimum absolute atomic E-state index is 0.254. The van der Waals surface area contributed by atoms with Crippen molar-refractivity contribution in [1.29, 1.82) is 5.26 Å². The van der Waals surface area contributed by atoms with Crippen LogP contribution in [0.15, 0.2) is 24.3 Å².